The van der Waals surface area contributed by atoms with E-state index in [0.29, 0.717) is 0 Å². The minimum atomic E-state index is -0.840. The van der Waals surface area contributed by atoms with E-state index >= 15 is 0 Å². The molecule has 0 heterocycles. The Bertz CT molecular complexity index is 565. The molecule has 0 aromatic heterocycles. The summed E-state index contributed by atoms with van der Waals surface area (Å²) in [5.41, 5.74) is 1.34. The molecule has 0 radical (unpaired) electrons. The van der Waals surface area contributed by atoms with Gasteiger partial charge in [0.1, 0.15) is 18.5 Å². The number of rotatable bonds is 8. The molecular weight excluding hydrogens is 264 g/mol. The van der Waals surface area contributed by atoms with Crippen LogP contribution >= 0.6 is 0 Å². The maximum absolute atomic E-state index is 9.41. The third-order valence-electron chi connectivity index (χ3n) is 3.67. The van der Waals surface area contributed by atoms with Crippen molar-refractivity contribution >= 4 is 10.8 Å². The smallest absolute Gasteiger partial charge is 0.127 e. The summed E-state index contributed by atoms with van der Waals surface area (Å²) in [6.45, 7) is 2.03. The van der Waals surface area contributed by atoms with Crippen LogP contribution in [0, 0.1) is 0 Å². The molecule has 114 valence electrons. The molecule has 3 heteroatoms. The van der Waals surface area contributed by atoms with Crippen molar-refractivity contribution in [3.05, 3.63) is 42.0 Å². The van der Waals surface area contributed by atoms with Crippen LogP contribution in [0.3, 0.4) is 0 Å². The molecule has 0 bridgehead atoms. The van der Waals surface area contributed by atoms with E-state index < -0.39 is 6.10 Å². The van der Waals surface area contributed by atoms with E-state index in [1.807, 2.05) is 24.3 Å². The van der Waals surface area contributed by atoms with Crippen molar-refractivity contribution in [1.82, 2.24) is 0 Å². The first-order chi connectivity index (χ1) is 10.3. The third kappa shape index (κ3) is 4.19. The van der Waals surface area contributed by atoms with Crippen molar-refractivity contribution in [2.45, 2.75) is 38.7 Å². The molecule has 0 aliphatic rings. The summed E-state index contributed by atoms with van der Waals surface area (Å²) in [5.74, 6) is 0.761. The summed E-state index contributed by atoms with van der Waals surface area (Å²) < 4.78 is 5.64. The van der Waals surface area contributed by atoms with Gasteiger partial charge in [-0.15, -0.1) is 0 Å². The van der Waals surface area contributed by atoms with Crippen LogP contribution in [-0.2, 0) is 6.42 Å². The molecule has 2 rings (SSSR count). The van der Waals surface area contributed by atoms with Crippen molar-refractivity contribution in [2.24, 2.45) is 0 Å². The van der Waals surface area contributed by atoms with Crippen LogP contribution in [0.1, 0.15) is 31.7 Å². The van der Waals surface area contributed by atoms with Gasteiger partial charge in [-0.1, -0.05) is 50.1 Å². The Morgan fingerprint density at radius 3 is 2.52 bits per heavy atom. The number of fused-ring (bicyclic) bond motifs is 1. The molecule has 0 aliphatic carbocycles. The van der Waals surface area contributed by atoms with Crippen LogP contribution in [0.4, 0.5) is 0 Å². The number of aliphatic hydroxyl groups excluding tert-OH is 2. The molecule has 1 unspecified atom stereocenters. The molecule has 0 saturated carbocycles. The number of aliphatic hydroxyl groups is 2. The van der Waals surface area contributed by atoms with Gasteiger partial charge in [-0.2, -0.15) is 0 Å². The van der Waals surface area contributed by atoms with Gasteiger partial charge in [0.15, 0.2) is 0 Å². The SMILES string of the molecule is CCCCCc1ccc(OCC(O)CO)c2ccccc12. The van der Waals surface area contributed by atoms with Crippen LogP contribution in [0.2, 0.25) is 0 Å². The molecule has 0 spiro atoms. The van der Waals surface area contributed by atoms with Gasteiger partial charge in [0.25, 0.3) is 0 Å². The van der Waals surface area contributed by atoms with Crippen LogP contribution in [0.15, 0.2) is 36.4 Å². The average molecular weight is 288 g/mol. The van der Waals surface area contributed by atoms with Gasteiger partial charge in [0.2, 0.25) is 0 Å². The van der Waals surface area contributed by atoms with Crippen molar-refractivity contribution in [1.29, 1.82) is 0 Å². The van der Waals surface area contributed by atoms with Crippen LogP contribution < -0.4 is 4.74 Å². The Kier molecular flexibility index (Phi) is 6.03. The Morgan fingerprint density at radius 1 is 1.05 bits per heavy atom. The molecule has 0 aliphatic heterocycles. The fourth-order valence-corrected chi connectivity index (χ4v) is 2.48. The average Bonchev–Trinajstić information content (AvgIpc) is 2.53. The number of ether oxygens (including phenoxy) is 1. The maximum atomic E-state index is 9.41. The molecule has 2 aromatic carbocycles. The van der Waals surface area contributed by atoms with E-state index in [1.165, 1.54) is 30.2 Å². The highest BCUT2D eigenvalue weighted by Crippen LogP contribution is 2.29. The van der Waals surface area contributed by atoms with Crippen LogP contribution in [-0.4, -0.2) is 29.5 Å². The van der Waals surface area contributed by atoms with Crippen molar-refractivity contribution in [3.63, 3.8) is 0 Å². The van der Waals surface area contributed by atoms with E-state index in [4.69, 9.17) is 9.84 Å². The van der Waals surface area contributed by atoms with Gasteiger partial charge >= 0.3 is 0 Å². The molecule has 2 N–H and O–H groups in total. The van der Waals surface area contributed by atoms with E-state index in [-0.39, 0.29) is 13.2 Å². The van der Waals surface area contributed by atoms with E-state index in [1.54, 1.807) is 0 Å². The summed E-state index contributed by atoms with van der Waals surface area (Å²) in [7, 11) is 0. The minimum Gasteiger partial charge on any atom is -0.490 e. The zero-order chi connectivity index (χ0) is 15.1. The fourth-order valence-electron chi connectivity index (χ4n) is 2.48. The minimum absolute atomic E-state index is 0.107. The van der Waals surface area contributed by atoms with Gasteiger partial charge in [-0.25, -0.2) is 0 Å². The third-order valence-corrected chi connectivity index (χ3v) is 3.67. The van der Waals surface area contributed by atoms with E-state index in [9.17, 15) is 5.11 Å². The van der Waals surface area contributed by atoms with Gasteiger partial charge in [0, 0.05) is 5.39 Å². The standard InChI is InChI=1S/C18H24O3/c1-2-3-4-7-14-10-11-18(21-13-15(20)12-19)17-9-6-5-8-16(14)17/h5-6,8-11,15,19-20H,2-4,7,12-13H2,1H3. The van der Waals surface area contributed by atoms with Gasteiger partial charge in [-0.3, -0.25) is 0 Å². The molecule has 1 atom stereocenters. The van der Waals surface area contributed by atoms with Gasteiger partial charge in [0.05, 0.1) is 6.61 Å². The van der Waals surface area contributed by atoms with Crippen LogP contribution in [0.5, 0.6) is 5.75 Å². The predicted octanol–water partition coefficient (Wildman–Crippen LogP) is 3.30. The Hall–Kier alpha value is -1.58. The zero-order valence-corrected chi connectivity index (χ0v) is 12.6. The van der Waals surface area contributed by atoms with Crippen LogP contribution in [0.25, 0.3) is 10.8 Å². The number of aryl methyl sites for hydroxylation is 1. The maximum Gasteiger partial charge on any atom is 0.127 e. The zero-order valence-electron chi connectivity index (χ0n) is 12.6. The Morgan fingerprint density at radius 2 is 1.81 bits per heavy atom. The summed E-state index contributed by atoms with van der Waals surface area (Å²) in [6.07, 6.45) is 3.90. The van der Waals surface area contributed by atoms with Crippen molar-refractivity contribution < 1.29 is 14.9 Å². The van der Waals surface area contributed by atoms with Gasteiger partial charge < -0.3 is 14.9 Å². The highest BCUT2D eigenvalue weighted by atomic mass is 16.5. The van der Waals surface area contributed by atoms with Crippen molar-refractivity contribution in [2.75, 3.05) is 13.2 Å². The molecule has 0 fully saturated rings. The number of benzene rings is 2. The lowest BCUT2D eigenvalue weighted by Gasteiger charge is -2.14. The lowest BCUT2D eigenvalue weighted by molar-refractivity contribution is 0.0541. The fraction of sp³-hybridized carbons (Fsp3) is 0.444. The second-order valence-corrected chi connectivity index (χ2v) is 5.37. The predicted molar refractivity (Wildman–Crippen MR) is 85.8 cm³/mol. The lowest BCUT2D eigenvalue weighted by atomic mass is 9.99. The monoisotopic (exact) mass is 288 g/mol. The first-order valence-corrected chi connectivity index (χ1v) is 7.68. The summed E-state index contributed by atoms with van der Waals surface area (Å²) in [4.78, 5) is 0. The summed E-state index contributed by atoms with van der Waals surface area (Å²) in [6, 6.07) is 12.3. The Balaban J connectivity index is 2.22. The molecule has 2 aromatic rings. The topological polar surface area (TPSA) is 49.7 Å². The van der Waals surface area contributed by atoms with E-state index in [2.05, 4.69) is 19.1 Å². The molecule has 3 nitrogen and oxygen atoms in total. The molecule has 0 amide bonds. The number of hydrogen-bond donors (Lipinski definition) is 2. The second-order valence-electron chi connectivity index (χ2n) is 5.37. The highest BCUT2D eigenvalue weighted by Gasteiger charge is 2.09. The quantitative estimate of drug-likeness (QED) is 0.733. The molecule has 0 saturated heterocycles. The normalized spacial score (nSPS) is 12.5. The largest absolute Gasteiger partial charge is 0.490 e. The highest BCUT2D eigenvalue weighted by molar-refractivity contribution is 5.91. The summed E-state index contributed by atoms with van der Waals surface area (Å²) in [5, 5.41) is 20.6. The lowest BCUT2D eigenvalue weighted by Crippen LogP contribution is -2.21. The first-order valence-electron chi connectivity index (χ1n) is 7.68. The van der Waals surface area contributed by atoms with E-state index in [0.717, 1.165) is 17.6 Å². The second kappa shape index (κ2) is 8.01. The van der Waals surface area contributed by atoms with Gasteiger partial charge in [-0.05, 0) is 29.9 Å². The molecular formula is C18H24O3. The summed E-state index contributed by atoms with van der Waals surface area (Å²) >= 11 is 0. The Labute approximate surface area is 126 Å². The molecule has 21 heavy (non-hydrogen) atoms. The van der Waals surface area contributed by atoms with Crippen molar-refractivity contribution in [3.8, 4) is 5.75 Å². The number of hydrogen-bond acceptors (Lipinski definition) is 3. The number of unbranched alkanes of at least 4 members (excludes halogenated alkanes) is 2. The first kappa shape index (κ1) is 15.8.